The molecular formula is C36H47F2N7O4S. The first-order valence-electron chi connectivity index (χ1n) is 17.5. The van der Waals surface area contributed by atoms with E-state index < -0.39 is 33.3 Å². The molecule has 0 atom stereocenters. The van der Waals surface area contributed by atoms with Crippen molar-refractivity contribution in [1.82, 2.24) is 24.4 Å². The minimum atomic E-state index is -3.82. The topological polar surface area (TPSA) is 134 Å². The summed E-state index contributed by atoms with van der Waals surface area (Å²) in [6, 6.07) is 6.05. The van der Waals surface area contributed by atoms with E-state index in [-0.39, 0.29) is 23.9 Å². The number of likely N-dealkylation sites (tertiary alicyclic amines) is 1. The zero-order chi connectivity index (χ0) is 35.7. The maximum atomic E-state index is 15.9. The van der Waals surface area contributed by atoms with Gasteiger partial charge in [0, 0.05) is 62.3 Å². The lowest BCUT2D eigenvalue weighted by molar-refractivity contribution is -0.137. The Bertz CT molecular complexity index is 1850. The van der Waals surface area contributed by atoms with Crippen molar-refractivity contribution in [2.75, 3.05) is 42.1 Å². The molecule has 0 aliphatic carbocycles. The molecule has 5 rings (SSSR count). The SMILES string of the molecule is CCCS(=O)(=O)Nc1ccc(F)c(-n2cc(-c3cncnc3)c3nc(N(C)C4CCN(CCCCCCCCCC(=O)O)CC4)ccc32)c1F. The predicted molar refractivity (Wildman–Crippen MR) is 192 cm³/mol. The zero-order valence-electron chi connectivity index (χ0n) is 28.8. The molecule has 1 aliphatic heterocycles. The van der Waals surface area contributed by atoms with Gasteiger partial charge >= 0.3 is 5.97 Å². The minimum Gasteiger partial charge on any atom is -0.481 e. The molecule has 270 valence electrons. The summed E-state index contributed by atoms with van der Waals surface area (Å²) >= 11 is 0. The first-order chi connectivity index (χ1) is 24.1. The molecule has 2 N–H and O–H groups in total. The van der Waals surface area contributed by atoms with Gasteiger partial charge in [-0.05, 0) is 62.9 Å². The van der Waals surface area contributed by atoms with E-state index in [4.69, 9.17) is 10.1 Å². The second-order valence-electron chi connectivity index (χ2n) is 13.1. The van der Waals surface area contributed by atoms with Crippen LogP contribution < -0.4 is 9.62 Å². The standard InChI is InChI=1S/C36H47F2N7O4S/c1-3-21-50(48,49)42-30-13-12-29(37)36(34(30)38)45-24-28(26-22-39-25-40-23-26)35-31(45)14-15-32(41-35)43(2)27-16-19-44(20-17-27)18-10-8-6-4-5-7-9-11-33(46)47/h12-15,22-25,27,42H,3-11,16-21H2,1-2H3,(H,46,47). The summed E-state index contributed by atoms with van der Waals surface area (Å²) < 4.78 is 59.8. The van der Waals surface area contributed by atoms with Crippen molar-refractivity contribution >= 4 is 38.5 Å². The Morgan fingerprint density at radius 2 is 1.68 bits per heavy atom. The molecule has 0 amide bonds. The van der Waals surface area contributed by atoms with Crippen LogP contribution in [0.1, 0.15) is 77.6 Å². The molecule has 1 aromatic carbocycles. The van der Waals surface area contributed by atoms with Crippen molar-refractivity contribution < 1.29 is 27.1 Å². The lowest BCUT2D eigenvalue weighted by Gasteiger charge is -2.37. The molecular weight excluding hydrogens is 665 g/mol. The number of benzene rings is 1. The number of unbranched alkanes of at least 4 members (excludes halogenated alkanes) is 6. The number of nitrogens with zero attached hydrogens (tertiary/aromatic N) is 6. The normalized spacial score (nSPS) is 14.3. The number of anilines is 2. The molecule has 0 bridgehead atoms. The molecule has 1 aliphatic rings. The van der Waals surface area contributed by atoms with Crippen molar-refractivity contribution in [1.29, 1.82) is 0 Å². The third-order valence-corrected chi connectivity index (χ3v) is 10.9. The summed E-state index contributed by atoms with van der Waals surface area (Å²) in [5.74, 6) is -2.05. The number of nitrogens with one attached hydrogen (secondary N) is 1. The summed E-state index contributed by atoms with van der Waals surface area (Å²) in [6.07, 6.45) is 16.3. The Morgan fingerprint density at radius 1 is 1.00 bits per heavy atom. The van der Waals surface area contributed by atoms with Crippen LogP contribution in [0.15, 0.2) is 49.2 Å². The lowest BCUT2D eigenvalue weighted by atomic mass is 10.0. The molecule has 0 spiro atoms. The van der Waals surface area contributed by atoms with E-state index in [9.17, 15) is 13.2 Å². The van der Waals surface area contributed by atoms with E-state index >= 15 is 8.78 Å². The molecule has 4 aromatic rings. The van der Waals surface area contributed by atoms with E-state index in [2.05, 4.69) is 24.5 Å². The predicted octanol–water partition coefficient (Wildman–Crippen LogP) is 7.02. The average Bonchev–Trinajstić information content (AvgIpc) is 3.47. The van der Waals surface area contributed by atoms with E-state index in [1.54, 1.807) is 31.6 Å². The first kappa shape index (κ1) is 37.1. The van der Waals surface area contributed by atoms with Gasteiger partial charge in [-0.1, -0.05) is 39.0 Å². The van der Waals surface area contributed by atoms with Crippen LogP contribution in [0.4, 0.5) is 20.3 Å². The highest BCUT2D eigenvalue weighted by Gasteiger charge is 2.26. The second-order valence-corrected chi connectivity index (χ2v) is 14.9. The average molecular weight is 712 g/mol. The number of piperidine rings is 1. The number of aromatic nitrogens is 4. The van der Waals surface area contributed by atoms with Crippen LogP contribution >= 0.6 is 0 Å². The number of pyridine rings is 1. The molecule has 11 nitrogen and oxygen atoms in total. The fraction of sp³-hybridized carbons (Fsp3) is 0.500. The van der Waals surface area contributed by atoms with E-state index in [0.717, 1.165) is 82.5 Å². The first-order valence-corrected chi connectivity index (χ1v) is 19.2. The highest BCUT2D eigenvalue weighted by molar-refractivity contribution is 7.92. The number of carbonyl (C=O) groups is 1. The molecule has 1 saturated heterocycles. The second kappa shape index (κ2) is 17.2. The Morgan fingerprint density at radius 3 is 2.36 bits per heavy atom. The monoisotopic (exact) mass is 711 g/mol. The number of carboxylic acids is 1. The van der Waals surface area contributed by atoms with Crippen molar-refractivity contribution in [3.05, 3.63) is 60.8 Å². The van der Waals surface area contributed by atoms with Crippen molar-refractivity contribution in [3.8, 4) is 16.8 Å². The number of hydrogen-bond donors (Lipinski definition) is 2. The van der Waals surface area contributed by atoms with Crippen LogP contribution in [0.2, 0.25) is 0 Å². The van der Waals surface area contributed by atoms with Gasteiger partial charge in [-0.25, -0.2) is 32.2 Å². The Kier molecular flexibility index (Phi) is 12.7. The number of fused-ring (bicyclic) bond motifs is 1. The van der Waals surface area contributed by atoms with Gasteiger partial charge in [0.1, 0.15) is 23.6 Å². The molecule has 1 fully saturated rings. The molecule has 14 heteroatoms. The van der Waals surface area contributed by atoms with Crippen LogP contribution in [0.5, 0.6) is 0 Å². The van der Waals surface area contributed by atoms with E-state index in [1.165, 1.54) is 23.7 Å². The maximum Gasteiger partial charge on any atom is 0.303 e. The highest BCUT2D eigenvalue weighted by atomic mass is 32.2. The molecule has 0 radical (unpaired) electrons. The molecule has 3 aromatic heterocycles. The van der Waals surface area contributed by atoms with Crippen LogP contribution in [0, 0.1) is 11.6 Å². The maximum absolute atomic E-state index is 15.9. The van der Waals surface area contributed by atoms with Gasteiger partial charge in [-0.2, -0.15) is 0 Å². The Labute approximate surface area is 292 Å². The van der Waals surface area contributed by atoms with Crippen molar-refractivity contribution in [2.24, 2.45) is 0 Å². The van der Waals surface area contributed by atoms with Gasteiger partial charge in [0.15, 0.2) is 5.82 Å². The van der Waals surface area contributed by atoms with E-state index in [0.29, 0.717) is 28.6 Å². The largest absolute Gasteiger partial charge is 0.481 e. The zero-order valence-corrected chi connectivity index (χ0v) is 29.6. The van der Waals surface area contributed by atoms with Crippen molar-refractivity contribution in [2.45, 2.75) is 83.6 Å². The lowest BCUT2D eigenvalue weighted by Crippen LogP contribution is -2.44. The summed E-state index contributed by atoms with van der Waals surface area (Å²) in [6.45, 7) is 4.76. The molecule has 0 saturated carbocycles. The summed E-state index contributed by atoms with van der Waals surface area (Å²) in [5, 5.41) is 8.75. The summed E-state index contributed by atoms with van der Waals surface area (Å²) in [7, 11) is -1.79. The minimum absolute atomic E-state index is 0.192. The number of carboxylic acid groups (broad SMARTS) is 1. The molecule has 4 heterocycles. The number of rotatable bonds is 18. The fourth-order valence-corrected chi connectivity index (χ4v) is 7.80. The van der Waals surface area contributed by atoms with Crippen LogP contribution in [0.25, 0.3) is 27.8 Å². The smallest absolute Gasteiger partial charge is 0.303 e. The van der Waals surface area contributed by atoms with Gasteiger partial charge in [0.25, 0.3) is 0 Å². The Balaban J connectivity index is 1.29. The van der Waals surface area contributed by atoms with Gasteiger partial charge in [-0.3, -0.25) is 9.52 Å². The van der Waals surface area contributed by atoms with Gasteiger partial charge in [-0.15, -0.1) is 0 Å². The third kappa shape index (κ3) is 9.33. The summed E-state index contributed by atoms with van der Waals surface area (Å²) in [4.78, 5) is 28.6. The third-order valence-electron chi connectivity index (χ3n) is 9.38. The van der Waals surface area contributed by atoms with E-state index in [1.807, 2.05) is 13.1 Å². The van der Waals surface area contributed by atoms with Gasteiger partial charge in [0.05, 0.1) is 22.5 Å². The quantitative estimate of drug-likeness (QED) is 0.105. The number of hydrogen-bond acceptors (Lipinski definition) is 8. The van der Waals surface area contributed by atoms with Crippen LogP contribution in [0.3, 0.4) is 0 Å². The Hall–Kier alpha value is -4.17. The molecule has 0 unspecified atom stereocenters. The van der Waals surface area contributed by atoms with Crippen LogP contribution in [-0.4, -0.2) is 82.4 Å². The molecule has 50 heavy (non-hydrogen) atoms. The number of aliphatic carboxylic acids is 1. The summed E-state index contributed by atoms with van der Waals surface area (Å²) in [5.41, 5.74) is 1.42. The van der Waals surface area contributed by atoms with Crippen molar-refractivity contribution in [3.63, 3.8) is 0 Å². The number of halogens is 2. The number of sulfonamides is 1. The van der Waals surface area contributed by atoms with Gasteiger partial charge < -0.3 is 19.5 Å². The fourth-order valence-electron chi connectivity index (χ4n) is 6.67. The van der Waals surface area contributed by atoms with Gasteiger partial charge in [0.2, 0.25) is 10.0 Å². The highest BCUT2D eigenvalue weighted by Crippen LogP contribution is 2.36. The van der Waals surface area contributed by atoms with Crippen LogP contribution in [-0.2, 0) is 14.8 Å².